The average Bonchev–Trinajstić information content (AvgIpc) is 3.15. The van der Waals surface area contributed by atoms with Gasteiger partial charge in [0, 0.05) is 19.0 Å². The summed E-state index contributed by atoms with van der Waals surface area (Å²) in [7, 11) is 1.58. The number of benzene rings is 1. The van der Waals surface area contributed by atoms with E-state index in [0.717, 1.165) is 5.69 Å². The van der Waals surface area contributed by atoms with Crippen molar-refractivity contribution in [3.8, 4) is 5.75 Å². The summed E-state index contributed by atoms with van der Waals surface area (Å²) in [6.45, 7) is 2.90. The molecule has 2 heterocycles. The number of rotatable bonds is 5. The number of hydrogen-bond donors (Lipinski definition) is 0. The summed E-state index contributed by atoms with van der Waals surface area (Å²) in [5, 5.41) is 3.98. The highest BCUT2D eigenvalue weighted by molar-refractivity contribution is 5.99. The quantitative estimate of drug-likeness (QED) is 0.807. The van der Waals surface area contributed by atoms with Crippen LogP contribution in [0.5, 0.6) is 5.75 Å². The van der Waals surface area contributed by atoms with E-state index in [1.807, 2.05) is 31.2 Å². The summed E-state index contributed by atoms with van der Waals surface area (Å²) in [6.07, 6.45) is 3.29. The lowest BCUT2D eigenvalue weighted by Crippen LogP contribution is -2.57. The van der Waals surface area contributed by atoms with E-state index in [2.05, 4.69) is 10.1 Å². The van der Waals surface area contributed by atoms with Crippen LogP contribution in [0.1, 0.15) is 13.3 Å². The van der Waals surface area contributed by atoms with Crippen LogP contribution in [0.4, 0.5) is 5.69 Å². The van der Waals surface area contributed by atoms with Gasteiger partial charge in [0.2, 0.25) is 11.8 Å². The van der Waals surface area contributed by atoms with Crippen LogP contribution >= 0.6 is 0 Å². The molecule has 1 atom stereocenters. The predicted octanol–water partition coefficient (Wildman–Crippen LogP) is 0.941. The van der Waals surface area contributed by atoms with Crippen molar-refractivity contribution in [2.24, 2.45) is 0 Å². The number of amides is 2. The lowest BCUT2D eigenvalue weighted by Gasteiger charge is -2.39. The van der Waals surface area contributed by atoms with Gasteiger partial charge in [0.05, 0.1) is 19.3 Å². The number of anilines is 1. The van der Waals surface area contributed by atoms with Crippen molar-refractivity contribution >= 4 is 17.5 Å². The number of nitrogens with zero attached hydrogens (tertiary/aromatic N) is 5. The normalized spacial score (nSPS) is 17.7. The molecular formula is C17H21N5O3. The van der Waals surface area contributed by atoms with Crippen molar-refractivity contribution < 1.29 is 14.3 Å². The molecule has 0 aliphatic carbocycles. The van der Waals surface area contributed by atoms with Crippen molar-refractivity contribution in [1.29, 1.82) is 0 Å². The largest absolute Gasteiger partial charge is 0.495 e. The Morgan fingerprint density at radius 3 is 2.88 bits per heavy atom. The Morgan fingerprint density at radius 1 is 1.36 bits per heavy atom. The number of ether oxygens (including phenoxy) is 1. The molecule has 1 saturated heterocycles. The number of hydrogen-bond acceptors (Lipinski definition) is 5. The molecule has 0 N–H and O–H groups in total. The predicted molar refractivity (Wildman–Crippen MR) is 91.2 cm³/mol. The highest BCUT2D eigenvalue weighted by atomic mass is 16.5. The smallest absolute Gasteiger partial charge is 0.246 e. The van der Waals surface area contributed by atoms with Crippen LogP contribution in [-0.2, 0) is 16.1 Å². The third-order valence-electron chi connectivity index (χ3n) is 4.30. The van der Waals surface area contributed by atoms with Gasteiger partial charge in [-0.15, -0.1) is 0 Å². The van der Waals surface area contributed by atoms with Gasteiger partial charge in [-0.25, -0.2) is 4.98 Å². The molecule has 3 rings (SSSR count). The maximum Gasteiger partial charge on any atom is 0.246 e. The molecule has 0 spiro atoms. The molecule has 132 valence electrons. The number of aryl methyl sites for hydroxylation is 1. The van der Waals surface area contributed by atoms with E-state index < -0.39 is 0 Å². The Bertz CT molecular complexity index is 747. The summed E-state index contributed by atoms with van der Waals surface area (Å²) < 4.78 is 6.95. The number of methoxy groups -OCH3 is 1. The monoisotopic (exact) mass is 343 g/mol. The Labute approximate surface area is 146 Å². The number of para-hydroxylation sites is 2. The molecule has 1 aromatic heterocycles. The standard InChI is InChI=1S/C17H21N5O3/c1-13-9-22(14-5-3-4-6-15(14)25-2)17(24)10-21(13)16(23)7-8-20-12-18-11-19-20/h3-6,11-13H,7-10H2,1-2H3/t13-/m0/s1. The fraction of sp³-hybridized carbons (Fsp3) is 0.412. The van der Waals surface area contributed by atoms with Crippen molar-refractivity contribution in [2.75, 3.05) is 25.1 Å². The van der Waals surface area contributed by atoms with Crippen molar-refractivity contribution in [1.82, 2.24) is 19.7 Å². The van der Waals surface area contributed by atoms with Gasteiger partial charge in [-0.3, -0.25) is 14.3 Å². The van der Waals surface area contributed by atoms with Crippen LogP contribution in [0.2, 0.25) is 0 Å². The summed E-state index contributed by atoms with van der Waals surface area (Å²) >= 11 is 0. The van der Waals surface area contributed by atoms with Crippen LogP contribution in [0.15, 0.2) is 36.9 Å². The highest BCUT2D eigenvalue weighted by Crippen LogP contribution is 2.30. The van der Waals surface area contributed by atoms with Crippen molar-refractivity contribution in [3.05, 3.63) is 36.9 Å². The minimum Gasteiger partial charge on any atom is -0.495 e. The third kappa shape index (κ3) is 3.62. The molecule has 0 radical (unpaired) electrons. The third-order valence-corrected chi connectivity index (χ3v) is 4.30. The molecule has 1 aliphatic rings. The topological polar surface area (TPSA) is 80.6 Å². The molecule has 0 bridgehead atoms. The minimum absolute atomic E-state index is 0.0592. The van der Waals surface area contributed by atoms with Gasteiger partial charge < -0.3 is 14.5 Å². The van der Waals surface area contributed by atoms with Crippen LogP contribution in [0.25, 0.3) is 0 Å². The zero-order chi connectivity index (χ0) is 17.8. The Kier molecular flexibility index (Phi) is 4.97. The van der Waals surface area contributed by atoms with E-state index in [-0.39, 0.29) is 30.8 Å². The molecule has 1 aromatic carbocycles. The average molecular weight is 343 g/mol. The van der Waals surface area contributed by atoms with E-state index >= 15 is 0 Å². The number of carbonyl (C=O) groups excluding carboxylic acids is 2. The van der Waals surface area contributed by atoms with Crippen LogP contribution in [0.3, 0.4) is 0 Å². The second kappa shape index (κ2) is 7.33. The Hall–Kier alpha value is -2.90. The molecular weight excluding hydrogens is 322 g/mol. The molecule has 2 amide bonds. The summed E-state index contributed by atoms with van der Waals surface area (Å²) in [5.41, 5.74) is 0.733. The SMILES string of the molecule is COc1ccccc1N1C[C@H](C)N(C(=O)CCn2cncn2)CC1=O. The molecule has 1 fully saturated rings. The van der Waals surface area contributed by atoms with Gasteiger partial charge in [0.1, 0.15) is 24.9 Å². The summed E-state index contributed by atoms with van der Waals surface area (Å²) in [4.78, 5) is 32.3. The lowest BCUT2D eigenvalue weighted by molar-refractivity contribution is -0.139. The number of piperazine rings is 1. The maximum absolute atomic E-state index is 12.6. The van der Waals surface area contributed by atoms with Gasteiger partial charge in [-0.2, -0.15) is 5.10 Å². The van der Waals surface area contributed by atoms with E-state index in [1.165, 1.54) is 6.33 Å². The van der Waals surface area contributed by atoms with Gasteiger partial charge in [0.25, 0.3) is 0 Å². The Morgan fingerprint density at radius 2 is 2.16 bits per heavy atom. The molecule has 8 heteroatoms. The number of aromatic nitrogens is 3. The first kappa shape index (κ1) is 16.9. The minimum atomic E-state index is -0.114. The van der Waals surface area contributed by atoms with E-state index in [1.54, 1.807) is 27.9 Å². The van der Waals surface area contributed by atoms with E-state index in [9.17, 15) is 9.59 Å². The van der Waals surface area contributed by atoms with Crippen molar-refractivity contribution in [2.45, 2.75) is 25.9 Å². The summed E-state index contributed by atoms with van der Waals surface area (Å²) in [6, 6.07) is 7.33. The van der Waals surface area contributed by atoms with Gasteiger partial charge >= 0.3 is 0 Å². The highest BCUT2D eigenvalue weighted by Gasteiger charge is 2.33. The first-order valence-electron chi connectivity index (χ1n) is 8.15. The molecule has 0 unspecified atom stereocenters. The van der Waals surface area contributed by atoms with Crippen LogP contribution in [-0.4, -0.2) is 57.7 Å². The van der Waals surface area contributed by atoms with Gasteiger partial charge in [-0.05, 0) is 19.1 Å². The molecule has 8 nitrogen and oxygen atoms in total. The zero-order valence-corrected chi connectivity index (χ0v) is 14.3. The molecule has 25 heavy (non-hydrogen) atoms. The fourth-order valence-electron chi connectivity index (χ4n) is 2.97. The molecule has 0 saturated carbocycles. The molecule has 2 aromatic rings. The second-order valence-corrected chi connectivity index (χ2v) is 5.96. The first-order valence-corrected chi connectivity index (χ1v) is 8.15. The zero-order valence-electron chi connectivity index (χ0n) is 14.3. The molecule has 1 aliphatic heterocycles. The van der Waals surface area contributed by atoms with Crippen molar-refractivity contribution in [3.63, 3.8) is 0 Å². The van der Waals surface area contributed by atoms with Gasteiger partial charge in [0.15, 0.2) is 0 Å². The van der Waals surface area contributed by atoms with E-state index in [0.29, 0.717) is 18.8 Å². The lowest BCUT2D eigenvalue weighted by atomic mass is 10.1. The fourth-order valence-corrected chi connectivity index (χ4v) is 2.97. The Balaban J connectivity index is 1.67. The maximum atomic E-state index is 12.6. The second-order valence-electron chi connectivity index (χ2n) is 5.96. The number of carbonyl (C=O) groups is 2. The van der Waals surface area contributed by atoms with Crippen LogP contribution < -0.4 is 9.64 Å². The summed E-state index contributed by atoms with van der Waals surface area (Å²) in [5.74, 6) is 0.474. The van der Waals surface area contributed by atoms with Crippen LogP contribution in [0, 0.1) is 0 Å². The van der Waals surface area contributed by atoms with E-state index in [4.69, 9.17) is 4.74 Å². The first-order chi connectivity index (χ1) is 12.1. The van der Waals surface area contributed by atoms with Gasteiger partial charge in [-0.1, -0.05) is 12.1 Å².